The van der Waals surface area contributed by atoms with Gasteiger partial charge in [0.2, 0.25) is 0 Å². The van der Waals surface area contributed by atoms with Gasteiger partial charge in [-0.25, -0.2) is 0 Å². The second kappa shape index (κ2) is 4.87. The number of halogens is 1. The van der Waals surface area contributed by atoms with Crippen LogP contribution in [0.4, 0.5) is 5.69 Å². The van der Waals surface area contributed by atoms with Crippen molar-refractivity contribution in [3.63, 3.8) is 0 Å². The van der Waals surface area contributed by atoms with E-state index < -0.39 is 0 Å². The molecule has 0 atom stereocenters. The van der Waals surface area contributed by atoms with Gasteiger partial charge in [0.25, 0.3) is 0 Å². The van der Waals surface area contributed by atoms with E-state index in [-0.39, 0.29) is 0 Å². The van der Waals surface area contributed by atoms with Crippen molar-refractivity contribution >= 4 is 29.1 Å². The van der Waals surface area contributed by atoms with Crippen molar-refractivity contribution in [2.75, 3.05) is 5.73 Å². The molecule has 0 saturated heterocycles. The Labute approximate surface area is 116 Å². The Balaban J connectivity index is 1.93. The first-order chi connectivity index (χ1) is 8.74. The average molecular weight is 276 g/mol. The molecule has 1 aliphatic carbocycles. The zero-order chi connectivity index (χ0) is 12.5. The smallest absolute Gasteiger partial charge is 0.0566 e. The van der Waals surface area contributed by atoms with Crippen molar-refractivity contribution in [2.24, 2.45) is 0 Å². The largest absolute Gasteiger partial charge is 0.398 e. The Morgan fingerprint density at radius 3 is 2.72 bits per heavy atom. The maximum Gasteiger partial charge on any atom is 0.0566 e. The fourth-order valence-corrected chi connectivity index (χ4v) is 3.58. The topological polar surface area (TPSA) is 26.0 Å². The summed E-state index contributed by atoms with van der Waals surface area (Å²) in [5.74, 6) is 0. The summed E-state index contributed by atoms with van der Waals surface area (Å²) in [6, 6.07) is 12.3. The van der Waals surface area contributed by atoms with E-state index in [2.05, 4.69) is 18.2 Å². The number of benzene rings is 2. The summed E-state index contributed by atoms with van der Waals surface area (Å²) >= 11 is 7.85. The highest BCUT2D eigenvalue weighted by molar-refractivity contribution is 7.99. The molecule has 2 aromatic rings. The highest BCUT2D eigenvalue weighted by atomic mass is 35.5. The van der Waals surface area contributed by atoms with E-state index in [0.717, 1.165) is 15.6 Å². The monoisotopic (exact) mass is 275 g/mol. The van der Waals surface area contributed by atoms with Gasteiger partial charge in [-0.05, 0) is 54.7 Å². The molecule has 0 fully saturated rings. The Kier molecular flexibility index (Phi) is 3.23. The molecule has 2 aromatic carbocycles. The molecular formula is C15H14ClNS. The van der Waals surface area contributed by atoms with Crippen LogP contribution in [0.5, 0.6) is 0 Å². The van der Waals surface area contributed by atoms with Crippen LogP contribution in [0.15, 0.2) is 46.2 Å². The Morgan fingerprint density at radius 2 is 1.89 bits per heavy atom. The SMILES string of the molecule is Nc1cccc(Cl)c1Sc1ccc2c(c1)CCC2. The van der Waals surface area contributed by atoms with Crippen LogP contribution in [-0.2, 0) is 12.8 Å². The van der Waals surface area contributed by atoms with Gasteiger partial charge in [0.05, 0.1) is 9.92 Å². The molecule has 0 heterocycles. The van der Waals surface area contributed by atoms with E-state index in [9.17, 15) is 0 Å². The highest BCUT2D eigenvalue weighted by Crippen LogP contribution is 2.38. The first-order valence-corrected chi connectivity index (χ1v) is 7.27. The standard InChI is InChI=1S/C15H14ClNS/c16-13-5-2-6-14(17)15(13)18-12-8-7-10-3-1-4-11(10)9-12/h2,5-9H,1,3-4,17H2. The summed E-state index contributed by atoms with van der Waals surface area (Å²) in [6.45, 7) is 0. The maximum absolute atomic E-state index is 6.20. The van der Waals surface area contributed by atoms with Gasteiger partial charge in [0.15, 0.2) is 0 Å². The summed E-state index contributed by atoms with van der Waals surface area (Å²) in [5, 5.41) is 0.723. The summed E-state index contributed by atoms with van der Waals surface area (Å²) in [7, 11) is 0. The van der Waals surface area contributed by atoms with Crippen LogP contribution in [0, 0.1) is 0 Å². The van der Waals surface area contributed by atoms with E-state index in [0.29, 0.717) is 0 Å². The van der Waals surface area contributed by atoms with Gasteiger partial charge in [-0.2, -0.15) is 0 Å². The second-order valence-corrected chi connectivity index (χ2v) is 6.04. The van der Waals surface area contributed by atoms with Gasteiger partial charge in [-0.3, -0.25) is 0 Å². The summed E-state index contributed by atoms with van der Waals surface area (Å²) in [6.07, 6.45) is 3.69. The van der Waals surface area contributed by atoms with E-state index in [1.54, 1.807) is 11.8 Å². The number of hydrogen-bond acceptors (Lipinski definition) is 2. The van der Waals surface area contributed by atoms with Crippen LogP contribution < -0.4 is 5.73 Å². The fraction of sp³-hybridized carbons (Fsp3) is 0.200. The number of hydrogen-bond donors (Lipinski definition) is 1. The van der Waals surface area contributed by atoms with Crippen molar-refractivity contribution in [1.29, 1.82) is 0 Å². The van der Waals surface area contributed by atoms with Crippen LogP contribution in [0.3, 0.4) is 0 Å². The minimum absolute atomic E-state index is 0.723. The average Bonchev–Trinajstić information content (AvgIpc) is 2.81. The Hall–Kier alpha value is -1.12. The third kappa shape index (κ3) is 2.23. The van der Waals surface area contributed by atoms with Crippen LogP contribution in [0.1, 0.15) is 17.5 Å². The van der Waals surface area contributed by atoms with Crippen molar-refractivity contribution in [1.82, 2.24) is 0 Å². The number of nitrogens with two attached hydrogens (primary N) is 1. The maximum atomic E-state index is 6.20. The van der Waals surface area contributed by atoms with Gasteiger partial charge in [0, 0.05) is 10.6 Å². The lowest BCUT2D eigenvalue weighted by Gasteiger charge is -2.08. The zero-order valence-electron chi connectivity index (χ0n) is 9.95. The predicted molar refractivity (Wildman–Crippen MR) is 78.5 cm³/mol. The lowest BCUT2D eigenvalue weighted by Crippen LogP contribution is -1.89. The molecule has 3 heteroatoms. The summed E-state index contributed by atoms with van der Waals surface area (Å²) in [5.41, 5.74) is 9.69. The molecule has 0 aromatic heterocycles. The van der Waals surface area contributed by atoms with Crippen molar-refractivity contribution in [3.8, 4) is 0 Å². The molecule has 3 rings (SSSR count). The normalized spacial score (nSPS) is 13.6. The second-order valence-electron chi connectivity index (χ2n) is 4.54. The van der Waals surface area contributed by atoms with Gasteiger partial charge < -0.3 is 5.73 Å². The third-order valence-corrected chi connectivity index (χ3v) is 4.86. The van der Waals surface area contributed by atoms with Crippen molar-refractivity contribution < 1.29 is 0 Å². The Morgan fingerprint density at radius 1 is 1.06 bits per heavy atom. The molecule has 0 aliphatic heterocycles. The van der Waals surface area contributed by atoms with Crippen LogP contribution in [0.2, 0.25) is 5.02 Å². The lowest BCUT2D eigenvalue weighted by molar-refractivity contribution is 0.911. The van der Waals surface area contributed by atoms with E-state index >= 15 is 0 Å². The molecule has 0 radical (unpaired) electrons. The summed E-state index contributed by atoms with van der Waals surface area (Å²) in [4.78, 5) is 2.17. The molecular weight excluding hydrogens is 262 g/mol. The number of anilines is 1. The van der Waals surface area contributed by atoms with Gasteiger partial charge in [-0.1, -0.05) is 35.5 Å². The molecule has 0 unspecified atom stereocenters. The highest BCUT2D eigenvalue weighted by Gasteiger charge is 2.12. The molecule has 0 saturated carbocycles. The van der Waals surface area contributed by atoms with E-state index in [1.165, 1.54) is 35.3 Å². The Bertz CT molecular complexity index is 575. The van der Waals surface area contributed by atoms with Crippen molar-refractivity contribution in [2.45, 2.75) is 29.1 Å². The van der Waals surface area contributed by atoms with Gasteiger partial charge in [-0.15, -0.1) is 0 Å². The number of nitrogen functional groups attached to an aromatic ring is 1. The summed E-state index contributed by atoms with van der Waals surface area (Å²) < 4.78 is 0. The predicted octanol–water partition coefficient (Wildman–Crippen LogP) is 4.56. The van der Waals surface area contributed by atoms with Crippen LogP contribution in [-0.4, -0.2) is 0 Å². The molecule has 1 aliphatic rings. The zero-order valence-corrected chi connectivity index (χ0v) is 11.5. The molecule has 92 valence electrons. The first kappa shape index (κ1) is 11.9. The van der Waals surface area contributed by atoms with Crippen molar-refractivity contribution in [3.05, 3.63) is 52.5 Å². The van der Waals surface area contributed by atoms with Crippen LogP contribution >= 0.6 is 23.4 Å². The molecule has 1 nitrogen and oxygen atoms in total. The van der Waals surface area contributed by atoms with E-state index in [1.807, 2.05) is 18.2 Å². The minimum Gasteiger partial charge on any atom is -0.398 e. The molecule has 0 bridgehead atoms. The fourth-order valence-electron chi connectivity index (χ4n) is 2.36. The molecule has 0 amide bonds. The quantitative estimate of drug-likeness (QED) is 0.813. The number of aryl methyl sites for hydroxylation is 2. The lowest BCUT2D eigenvalue weighted by atomic mass is 10.1. The molecule has 18 heavy (non-hydrogen) atoms. The number of fused-ring (bicyclic) bond motifs is 1. The van der Waals surface area contributed by atoms with Crippen LogP contribution in [0.25, 0.3) is 0 Å². The minimum atomic E-state index is 0.723. The number of rotatable bonds is 2. The van der Waals surface area contributed by atoms with E-state index in [4.69, 9.17) is 17.3 Å². The van der Waals surface area contributed by atoms with Gasteiger partial charge in [0.1, 0.15) is 0 Å². The molecule has 2 N–H and O–H groups in total. The third-order valence-electron chi connectivity index (χ3n) is 3.29. The van der Waals surface area contributed by atoms with Gasteiger partial charge >= 0.3 is 0 Å². The molecule has 0 spiro atoms. The first-order valence-electron chi connectivity index (χ1n) is 6.08.